The summed E-state index contributed by atoms with van der Waals surface area (Å²) in [7, 11) is 0. The third-order valence-corrected chi connectivity index (χ3v) is 2.68. The first-order valence-corrected chi connectivity index (χ1v) is 5.53. The molecular formula is C11H11BrF2O. The summed E-state index contributed by atoms with van der Waals surface area (Å²) in [5.74, 6) is -1.64. The Morgan fingerprint density at radius 1 is 1.33 bits per heavy atom. The molecule has 0 aromatic heterocycles. The predicted molar refractivity (Wildman–Crippen MR) is 57.9 cm³/mol. The molecule has 15 heavy (non-hydrogen) atoms. The van der Waals surface area contributed by atoms with Crippen molar-refractivity contribution in [2.75, 3.05) is 0 Å². The molecule has 0 saturated heterocycles. The summed E-state index contributed by atoms with van der Waals surface area (Å²) in [6, 6.07) is 1.92. The van der Waals surface area contributed by atoms with Crippen LogP contribution in [0.15, 0.2) is 16.6 Å². The first kappa shape index (κ1) is 12.3. The molecule has 0 spiro atoms. The third kappa shape index (κ3) is 3.09. The topological polar surface area (TPSA) is 17.1 Å². The second kappa shape index (κ2) is 5.35. The largest absolute Gasteiger partial charge is 0.294 e. The zero-order valence-electron chi connectivity index (χ0n) is 8.32. The molecular weight excluding hydrogens is 266 g/mol. The maximum atomic E-state index is 13.3. The van der Waals surface area contributed by atoms with Crippen molar-refractivity contribution < 1.29 is 13.6 Å². The van der Waals surface area contributed by atoms with Gasteiger partial charge in [0.25, 0.3) is 0 Å². The summed E-state index contributed by atoms with van der Waals surface area (Å²) in [5, 5.41) is 0. The Kier molecular flexibility index (Phi) is 4.39. The molecule has 1 rings (SSSR count). The van der Waals surface area contributed by atoms with E-state index in [1.165, 1.54) is 0 Å². The molecule has 0 bridgehead atoms. The van der Waals surface area contributed by atoms with Crippen LogP contribution in [0.4, 0.5) is 8.78 Å². The van der Waals surface area contributed by atoms with Crippen LogP contribution in [0.5, 0.6) is 0 Å². The number of carbonyl (C=O) groups is 1. The van der Waals surface area contributed by atoms with Crippen molar-refractivity contribution in [3.8, 4) is 0 Å². The van der Waals surface area contributed by atoms with Crippen molar-refractivity contribution in [2.45, 2.75) is 26.2 Å². The molecule has 0 radical (unpaired) electrons. The molecule has 0 aliphatic rings. The van der Waals surface area contributed by atoms with Gasteiger partial charge in [0, 0.05) is 6.42 Å². The quantitative estimate of drug-likeness (QED) is 0.598. The Bertz CT molecular complexity index is 377. The van der Waals surface area contributed by atoms with Crippen LogP contribution < -0.4 is 0 Å². The molecule has 0 saturated carbocycles. The zero-order valence-corrected chi connectivity index (χ0v) is 9.90. The number of carbonyl (C=O) groups excluding carboxylic acids is 1. The van der Waals surface area contributed by atoms with E-state index in [0.29, 0.717) is 6.42 Å². The van der Waals surface area contributed by atoms with E-state index in [-0.39, 0.29) is 22.2 Å². The number of halogens is 3. The normalized spacial score (nSPS) is 10.4. The number of hydrogen-bond donors (Lipinski definition) is 0. The zero-order chi connectivity index (χ0) is 11.4. The summed E-state index contributed by atoms with van der Waals surface area (Å²) in [6.07, 6.45) is 1.80. The van der Waals surface area contributed by atoms with Crippen molar-refractivity contribution in [3.63, 3.8) is 0 Å². The SMILES string of the molecule is CCCCC(=O)c1cc(F)c(Br)cc1F. The van der Waals surface area contributed by atoms with E-state index in [2.05, 4.69) is 15.9 Å². The molecule has 1 aromatic carbocycles. The fourth-order valence-corrected chi connectivity index (χ4v) is 1.52. The van der Waals surface area contributed by atoms with E-state index in [9.17, 15) is 13.6 Å². The van der Waals surface area contributed by atoms with Crippen LogP contribution in [0.2, 0.25) is 0 Å². The number of rotatable bonds is 4. The lowest BCUT2D eigenvalue weighted by Crippen LogP contribution is -2.03. The van der Waals surface area contributed by atoms with E-state index in [0.717, 1.165) is 18.6 Å². The van der Waals surface area contributed by atoms with Crippen molar-refractivity contribution in [1.82, 2.24) is 0 Å². The Balaban J connectivity index is 2.94. The van der Waals surface area contributed by atoms with Gasteiger partial charge in [0.15, 0.2) is 5.78 Å². The number of unbranched alkanes of at least 4 members (excludes halogenated alkanes) is 1. The summed E-state index contributed by atoms with van der Waals surface area (Å²) in [6.45, 7) is 1.94. The molecule has 0 N–H and O–H groups in total. The number of benzene rings is 1. The summed E-state index contributed by atoms with van der Waals surface area (Å²) < 4.78 is 26.4. The summed E-state index contributed by atoms with van der Waals surface area (Å²) in [4.78, 5) is 11.5. The highest BCUT2D eigenvalue weighted by molar-refractivity contribution is 9.10. The minimum absolute atomic E-state index is 0.0343. The molecule has 4 heteroatoms. The van der Waals surface area contributed by atoms with E-state index in [4.69, 9.17) is 0 Å². The average molecular weight is 277 g/mol. The van der Waals surface area contributed by atoms with Gasteiger partial charge in [-0.2, -0.15) is 0 Å². The predicted octanol–water partition coefficient (Wildman–Crippen LogP) is 4.10. The molecule has 0 fully saturated rings. The Morgan fingerprint density at radius 2 is 2.00 bits per heavy atom. The van der Waals surface area contributed by atoms with Gasteiger partial charge in [-0.3, -0.25) is 4.79 Å². The molecule has 0 aliphatic heterocycles. The fourth-order valence-electron chi connectivity index (χ4n) is 1.21. The van der Waals surface area contributed by atoms with Crippen molar-refractivity contribution in [3.05, 3.63) is 33.8 Å². The van der Waals surface area contributed by atoms with Gasteiger partial charge in [-0.05, 0) is 34.5 Å². The summed E-state index contributed by atoms with van der Waals surface area (Å²) >= 11 is 2.86. The first-order valence-electron chi connectivity index (χ1n) is 4.74. The fraction of sp³-hybridized carbons (Fsp3) is 0.364. The van der Waals surface area contributed by atoms with Gasteiger partial charge in [0.05, 0.1) is 10.0 Å². The number of Topliss-reactive ketones (excluding diaryl/α,β-unsaturated/α-hetero) is 1. The van der Waals surface area contributed by atoms with Gasteiger partial charge in [-0.25, -0.2) is 8.78 Å². The number of ketones is 1. The van der Waals surface area contributed by atoms with Gasteiger partial charge in [0.2, 0.25) is 0 Å². The molecule has 0 aliphatic carbocycles. The lowest BCUT2D eigenvalue weighted by atomic mass is 10.1. The Morgan fingerprint density at radius 3 is 2.60 bits per heavy atom. The Hall–Kier alpha value is -0.770. The molecule has 82 valence electrons. The van der Waals surface area contributed by atoms with Crippen LogP contribution in [0.1, 0.15) is 36.5 Å². The van der Waals surface area contributed by atoms with Crippen LogP contribution in [0.25, 0.3) is 0 Å². The van der Waals surface area contributed by atoms with Crippen molar-refractivity contribution in [2.24, 2.45) is 0 Å². The van der Waals surface area contributed by atoms with E-state index >= 15 is 0 Å². The molecule has 1 aromatic rings. The van der Waals surface area contributed by atoms with Crippen LogP contribution in [-0.2, 0) is 0 Å². The van der Waals surface area contributed by atoms with Crippen LogP contribution >= 0.6 is 15.9 Å². The second-order valence-corrected chi connectivity index (χ2v) is 4.13. The van der Waals surface area contributed by atoms with E-state index in [1.54, 1.807) is 0 Å². The Labute approximate surface area is 95.6 Å². The molecule has 0 unspecified atom stereocenters. The van der Waals surface area contributed by atoms with Crippen LogP contribution in [-0.4, -0.2) is 5.78 Å². The van der Waals surface area contributed by atoms with E-state index in [1.807, 2.05) is 6.92 Å². The lowest BCUT2D eigenvalue weighted by Gasteiger charge is -2.03. The highest BCUT2D eigenvalue weighted by Gasteiger charge is 2.14. The monoisotopic (exact) mass is 276 g/mol. The lowest BCUT2D eigenvalue weighted by molar-refractivity contribution is 0.0975. The van der Waals surface area contributed by atoms with E-state index < -0.39 is 11.6 Å². The number of hydrogen-bond acceptors (Lipinski definition) is 1. The second-order valence-electron chi connectivity index (χ2n) is 3.27. The molecule has 1 nitrogen and oxygen atoms in total. The van der Waals surface area contributed by atoms with Gasteiger partial charge in [-0.15, -0.1) is 0 Å². The highest BCUT2D eigenvalue weighted by Crippen LogP contribution is 2.21. The van der Waals surface area contributed by atoms with Crippen molar-refractivity contribution >= 4 is 21.7 Å². The maximum absolute atomic E-state index is 13.3. The molecule has 0 heterocycles. The standard InChI is InChI=1S/C11H11BrF2O/c1-2-3-4-11(15)7-5-10(14)8(12)6-9(7)13/h5-6H,2-4H2,1H3. The van der Waals surface area contributed by atoms with Gasteiger partial charge in [0.1, 0.15) is 11.6 Å². The van der Waals surface area contributed by atoms with Gasteiger partial charge in [-0.1, -0.05) is 13.3 Å². The maximum Gasteiger partial charge on any atom is 0.165 e. The van der Waals surface area contributed by atoms with Crippen LogP contribution in [0.3, 0.4) is 0 Å². The summed E-state index contributed by atoms with van der Waals surface area (Å²) in [5.41, 5.74) is -0.163. The molecule has 0 atom stereocenters. The molecule has 0 amide bonds. The van der Waals surface area contributed by atoms with Gasteiger partial charge < -0.3 is 0 Å². The van der Waals surface area contributed by atoms with Gasteiger partial charge >= 0.3 is 0 Å². The third-order valence-electron chi connectivity index (χ3n) is 2.07. The average Bonchev–Trinajstić information content (AvgIpc) is 2.20. The minimum atomic E-state index is -0.677. The van der Waals surface area contributed by atoms with Crippen LogP contribution in [0, 0.1) is 11.6 Å². The smallest absolute Gasteiger partial charge is 0.165 e. The highest BCUT2D eigenvalue weighted by atomic mass is 79.9. The van der Waals surface area contributed by atoms with Crippen molar-refractivity contribution in [1.29, 1.82) is 0 Å². The minimum Gasteiger partial charge on any atom is -0.294 e. The first-order chi connectivity index (χ1) is 7.06.